The highest BCUT2D eigenvalue weighted by Gasteiger charge is 2.36. The first kappa shape index (κ1) is 20.0. The summed E-state index contributed by atoms with van der Waals surface area (Å²) < 4.78 is 4.79. The lowest BCUT2D eigenvalue weighted by Crippen LogP contribution is -2.59. The molecular formula is C15H19N3O7. The SMILES string of the molecule is COCC(C)(NC(=O)C(C)NC(=O)c1cccc([N+](=O)[O-])c1)C(=O)O. The number of non-ortho nitro benzene ring substituents is 1. The number of carbonyl (C=O) groups is 3. The number of nitro benzene ring substituents is 1. The normalized spacial score (nSPS) is 14.0. The predicted octanol–water partition coefficient (Wildman–Crippen LogP) is 0.319. The Morgan fingerprint density at radius 2 is 2.04 bits per heavy atom. The number of ether oxygens (including phenoxy) is 1. The van der Waals surface area contributed by atoms with Crippen LogP contribution in [0.1, 0.15) is 24.2 Å². The quantitative estimate of drug-likeness (QED) is 0.450. The van der Waals surface area contributed by atoms with Crippen LogP contribution < -0.4 is 10.6 Å². The third kappa shape index (κ3) is 5.24. The Balaban J connectivity index is 2.80. The first-order valence-corrected chi connectivity index (χ1v) is 7.20. The van der Waals surface area contributed by atoms with E-state index >= 15 is 0 Å². The average Bonchev–Trinajstić information content (AvgIpc) is 2.54. The number of rotatable bonds is 8. The fraction of sp³-hybridized carbons (Fsp3) is 0.400. The van der Waals surface area contributed by atoms with Gasteiger partial charge in [-0.3, -0.25) is 19.7 Å². The highest BCUT2D eigenvalue weighted by atomic mass is 16.6. The third-order valence-electron chi connectivity index (χ3n) is 3.36. The Bertz CT molecular complexity index is 691. The zero-order chi connectivity index (χ0) is 19.2. The van der Waals surface area contributed by atoms with Crippen molar-refractivity contribution < 1.29 is 29.2 Å². The summed E-state index contributed by atoms with van der Waals surface area (Å²) in [5.74, 6) is -2.73. The summed E-state index contributed by atoms with van der Waals surface area (Å²) in [5.41, 5.74) is -1.91. The van der Waals surface area contributed by atoms with Crippen molar-refractivity contribution in [1.29, 1.82) is 0 Å². The molecule has 0 aliphatic heterocycles. The van der Waals surface area contributed by atoms with Gasteiger partial charge in [-0.15, -0.1) is 0 Å². The summed E-state index contributed by atoms with van der Waals surface area (Å²) in [5, 5.41) is 24.6. The van der Waals surface area contributed by atoms with Crippen molar-refractivity contribution in [1.82, 2.24) is 10.6 Å². The van der Waals surface area contributed by atoms with Crippen LogP contribution in [0.3, 0.4) is 0 Å². The molecule has 0 heterocycles. The average molecular weight is 353 g/mol. The number of aliphatic carboxylic acids is 1. The van der Waals surface area contributed by atoms with Gasteiger partial charge in [-0.1, -0.05) is 6.07 Å². The standard InChI is InChI=1S/C15H19N3O7/c1-9(12(19)17-15(2,8-25-3)14(21)22)16-13(20)10-5-4-6-11(7-10)18(23)24/h4-7,9H,8H2,1-3H3,(H,16,20)(H,17,19)(H,21,22). The van der Waals surface area contributed by atoms with E-state index in [1.807, 2.05) is 0 Å². The summed E-state index contributed by atoms with van der Waals surface area (Å²) in [6.07, 6.45) is 0. The lowest BCUT2D eigenvalue weighted by atomic mass is 10.0. The Hall–Kier alpha value is -3.01. The molecule has 1 aromatic rings. The molecule has 0 radical (unpaired) electrons. The smallest absolute Gasteiger partial charge is 0.331 e. The molecule has 10 heteroatoms. The van der Waals surface area contributed by atoms with E-state index in [1.165, 1.54) is 39.2 Å². The molecule has 0 saturated carbocycles. The largest absolute Gasteiger partial charge is 0.479 e. The number of carboxylic acid groups (broad SMARTS) is 1. The van der Waals surface area contributed by atoms with Gasteiger partial charge in [-0.2, -0.15) is 0 Å². The van der Waals surface area contributed by atoms with Crippen molar-refractivity contribution in [2.45, 2.75) is 25.4 Å². The van der Waals surface area contributed by atoms with Crippen molar-refractivity contribution >= 4 is 23.5 Å². The van der Waals surface area contributed by atoms with Gasteiger partial charge in [0.15, 0.2) is 5.54 Å². The van der Waals surface area contributed by atoms with Crippen LogP contribution in [-0.2, 0) is 14.3 Å². The van der Waals surface area contributed by atoms with Gasteiger partial charge in [0.2, 0.25) is 5.91 Å². The second-order valence-electron chi connectivity index (χ2n) is 5.56. The van der Waals surface area contributed by atoms with Gasteiger partial charge in [0, 0.05) is 24.8 Å². The van der Waals surface area contributed by atoms with Gasteiger partial charge in [0.1, 0.15) is 6.04 Å². The molecule has 1 rings (SSSR count). The minimum atomic E-state index is -1.66. The minimum Gasteiger partial charge on any atom is -0.479 e. The van der Waals surface area contributed by atoms with Gasteiger partial charge >= 0.3 is 5.97 Å². The lowest BCUT2D eigenvalue weighted by Gasteiger charge is -2.27. The summed E-state index contributed by atoms with van der Waals surface area (Å²) in [4.78, 5) is 45.6. The number of hydrogen-bond acceptors (Lipinski definition) is 6. The number of carbonyl (C=O) groups excluding carboxylic acids is 2. The molecule has 0 fully saturated rings. The zero-order valence-corrected chi connectivity index (χ0v) is 13.9. The monoisotopic (exact) mass is 353 g/mol. The number of amides is 2. The molecule has 0 bridgehead atoms. The molecule has 2 atom stereocenters. The Morgan fingerprint density at radius 3 is 2.56 bits per heavy atom. The Morgan fingerprint density at radius 1 is 1.40 bits per heavy atom. The van der Waals surface area contributed by atoms with Crippen LogP contribution in [0.25, 0.3) is 0 Å². The summed E-state index contributed by atoms with van der Waals surface area (Å²) in [7, 11) is 1.29. The molecule has 2 amide bonds. The molecule has 1 aromatic carbocycles. The van der Waals surface area contributed by atoms with Crippen molar-refractivity contribution in [2.24, 2.45) is 0 Å². The number of methoxy groups -OCH3 is 1. The molecule has 25 heavy (non-hydrogen) atoms. The second-order valence-corrected chi connectivity index (χ2v) is 5.56. The van der Waals surface area contributed by atoms with Gasteiger partial charge in [-0.05, 0) is 19.9 Å². The highest BCUT2D eigenvalue weighted by Crippen LogP contribution is 2.13. The zero-order valence-electron chi connectivity index (χ0n) is 13.9. The van der Waals surface area contributed by atoms with E-state index in [-0.39, 0.29) is 17.9 Å². The fourth-order valence-electron chi connectivity index (χ4n) is 1.93. The number of benzene rings is 1. The fourth-order valence-corrected chi connectivity index (χ4v) is 1.93. The van der Waals surface area contributed by atoms with E-state index in [9.17, 15) is 29.6 Å². The van der Waals surface area contributed by atoms with E-state index in [1.54, 1.807) is 0 Å². The number of carboxylic acids is 1. The first-order valence-electron chi connectivity index (χ1n) is 7.20. The molecule has 136 valence electrons. The molecule has 0 aliphatic carbocycles. The van der Waals surface area contributed by atoms with Crippen molar-refractivity contribution in [3.63, 3.8) is 0 Å². The van der Waals surface area contributed by atoms with E-state index in [0.717, 1.165) is 6.07 Å². The number of nitrogens with one attached hydrogen (secondary N) is 2. The van der Waals surface area contributed by atoms with Gasteiger partial charge in [0.05, 0.1) is 11.5 Å². The molecule has 3 N–H and O–H groups in total. The van der Waals surface area contributed by atoms with Crippen LogP contribution in [0.4, 0.5) is 5.69 Å². The molecule has 10 nitrogen and oxygen atoms in total. The molecule has 0 aliphatic rings. The van der Waals surface area contributed by atoms with Crippen LogP contribution in [0.5, 0.6) is 0 Å². The lowest BCUT2D eigenvalue weighted by molar-refractivity contribution is -0.384. The van der Waals surface area contributed by atoms with Crippen LogP contribution in [-0.4, -0.2) is 53.1 Å². The predicted molar refractivity (Wildman–Crippen MR) is 86.1 cm³/mol. The van der Waals surface area contributed by atoms with Gasteiger partial charge < -0.3 is 20.5 Å². The van der Waals surface area contributed by atoms with Gasteiger partial charge in [-0.25, -0.2) is 4.79 Å². The summed E-state index contributed by atoms with van der Waals surface area (Å²) in [6.45, 7) is 2.37. The second kappa shape index (κ2) is 8.20. The van der Waals surface area contributed by atoms with Crippen LogP contribution in [0.15, 0.2) is 24.3 Å². The Kier molecular flexibility index (Phi) is 6.57. The Labute approximate surface area is 143 Å². The van der Waals surface area contributed by atoms with Crippen molar-refractivity contribution in [2.75, 3.05) is 13.7 Å². The number of nitrogens with zero attached hydrogens (tertiary/aromatic N) is 1. The van der Waals surface area contributed by atoms with Crippen molar-refractivity contribution in [3.05, 3.63) is 39.9 Å². The van der Waals surface area contributed by atoms with E-state index in [4.69, 9.17) is 4.74 Å². The van der Waals surface area contributed by atoms with Crippen LogP contribution in [0.2, 0.25) is 0 Å². The maximum atomic E-state index is 12.1. The maximum Gasteiger partial charge on any atom is 0.331 e. The molecule has 0 spiro atoms. The topological polar surface area (TPSA) is 148 Å². The minimum absolute atomic E-state index is 0.00624. The van der Waals surface area contributed by atoms with Gasteiger partial charge in [0.25, 0.3) is 11.6 Å². The molecule has 0 saturated heterocycles. The van der Waals surface area contributed by atoms with Crippen LogP contribution >= 0.6 is 0 Å². The third-order valence-corrected chi connectivity index (χ3v) is 3.36. The first-order chi connectivity index (χ1) is 11.6. The molecular weight excluding hydrogens is 334 g/mol. The van der Waals surface area contributed by atoms with E-state index in [2.05, 4.69) is 10.6 Å². The van der Waals surface area contributed by atoms with Crippen LogP contribution in [0, 0.1) is 10.1 Å². The van der Waals surface area contributed by atoms with E-state index < -0.39 is 34.3 Å². The highest BCUT2D eigenvalue weighted by molar-refractivity contribution is 5.98. The molecule has 2 unspecified atom stereocenters. The maximum absolute atomic E-state index is 12.1. The number of nitro groups is 1. The number of hydrogen-bond donors (Lipinski definition) is 3. The molecule has 0 aromatic heterocycles. The van der Waals surface area contributed by atoms with Crippen molar-refractivity contribution in [3.8, 4) is 0 Å². The van der Waals surface area contributed by atoms with E-state index in [0.29, 0.717) is 0 Å². The summed E-state index contributed by atoms with van der Waals surface area (Å²) >= 11 is 0. The summed E-state index contributed by atoms with van der Waals surface area (Å²) in [6, 6.07) is 3.95.